The van der Waals surface area contributed by atoms with Crippen molar-refractivity contribution < 1.29 is 18.3 Å². The van der Waals surface area contributed by atoms with E-state index in [0.29, 0.717) is 5.01 Å². The van der Waals surface area contributed by atoms with Gasteiger partial charge in [0, 0.05) is 24.0 Å². The molecular formula is C10H11N3O4S2. The van der Waals surface area contributed by atoms with Gasteiger partial charge in [-0.15, -0.1) is 11.3 Å². The molecule has 7 nitrogen and oxygen atoms in total. The Hall–Kier alpha value is -1.74. The zero-order valence-corrected chi connectivity index (χ0v) is 11.6. The molecule has 0 saturated carbocycles. The number of aromatic carboxylic acids is 1. The third-order valence-corrected chi connectivity index (χ3v) is 4.02. The van der Waals surface area contributed by atoms with Gasteiger partial charge < -0.3 is 5.11 Å². The SMILES string of the molecule is CS(=O)(=O)CCn1cc(C(=O)O)c(-c2nccs2)n1. The lowest BCUT2D eigenvalue weighted by molar-refractivity contribution is 0.0697. The van der Waals surface area contributed by atoms with Crippen LogP contribution in [0.1, 0.15) is 10.4 Å². The van der Waals surface area contributed by atoms with E-state index >= 15 is 0 Å². The van der Waals surface area contributed by atoms with Gasteiger partial charge in [0.25, 0.3) is 0 Å². The highest BCUT2D eigenvalue weighted by molar-refractivity contribution is 7.90. The van der Waals surface area contributed by atoms with Crippen LogP contribution in [0.5, 0.6) is 0 Å². The van der Waals surface area contributed by atoms with Gasteiger partial charge in [-0.05, 0) is 0 Å². The monoisotopic (exact) mass is 301 g/mol. The van der Waals surface area contributed by atoms with Crippen molar-refractivity contribution in [1.29, 1.82) is 0 Å². The molecule has 2 heterocycles. The molecule has 0 spiro atoms. The lowest BCUT2D eigenvalue weighted by Gasteiger charge is -1.98. The second-order valence-corrected chi connectivity index (χ2v) is 7.08. The van der Waals surface area contributed by atoms with Crippen molar-refractivity contribution in [2.45, 2.75) is 6.54 Å². The first kappa shape index (κ1) is 13.7. The molecule has 0 fully saturated rings. The largest absolute Gasteiger partial charge is 0.478 e. The molecule has 0 bridgehead atoms. The second kappa shape index (κ2) is 5.10. The number of carboxylic acids is 1. The normalized spacial score (nSPS) is 11.6. The van der Waals surface area contributed by atoms with Gasteiger partial charge in [0.2, 0.25) is 0 Å². The van der Waals surface area contributed by atoms with E-state index in [0.717, 1.165) is 6.26 Å². The minimum absolute atomic E-state index is 0.0171. The molecule has 102 valence electrons. The van der Waals surface area contributed by atoms with Crippen molar-refractivity contribution >= 4 is 27.1 Å². The average Bonchev–Trinajstić information content (AvgIpc) is 2.94. The van der Waals surface area contributed by atoms with E-state index in [-0.39, 0.29) is 23.6 Å². The van der Waals surface area contributed by atoms with E-state index < -0.39 is 15.8 Å². The fraction of sp³-hybridized carbons (Fsp3) is 0.300. The Kier molecular flexibility index (Phi) is 3.67. The quantitative estimate of drug-likeness (QED) is 0.874. The molecule has 2 rings (SSSR count). The summed E-state index contributed by atoms with van der Waals surface area (Å²) >= 11 is 1.28. The first-order valence-electron chi connectivity index (χ1n) is 5.25. The van der Waals surface area contributed by atoms with Gasteiger partial charge in [-0.25, -0.2) is 18.2 Å². The molecule has 0 amide bonds. The minimum atomic E-state index is -3.12. The number of hydrogen-bond acceptors (Lipinski definition) is 6. The number of rotatable bonds is 5. The minimum Gasteiger partial charge on any atom is -0.478 e. The Bertz CT molecular complexity index is 688. The summed E-state index contributed by atoms with van der Waals surface area (Å²) in [5.41, 5.74) is 0.277. The maximum atomic E-state index is 11.1. The average molecular weight is 301 g/mol. The van der Waals surface area contributed by atoms with Crippen LogP contribution < -0.4 is 0 Å². The summed E-state index contributed by atoms with van der Waals surface area (Å²) in [4.78, 5) is 15.1. The molecular weight excluding hydrogens is 290 g/mol. The molecule has 0 aromatic carbocycles. The molecule has 2 aromatic heterocycles. The van der Waals surface area contributed by atoms with Crippen LogP contribution in [-0.4, -0.2) is 46.3 Å². The highest BCUT2D eigenvalue weighted by Gasteiger charge is 2.19. The summed E-state index contributed by atoms with van der Waals surface area (Å²) < 4.78 is 23.5. The highest BCUT2D eigenvalue weighted by atomic mass is 32.2. The smallest absolute Gasteiger partial charge is 0.339 e. The van der Waals surface area contributed by atoms with Crippen LogP contribution >= 0.6 is 11.3 Å². The van der Waals surface area contributed by atoms with E-state index in [9.17, 15) is 13.2 Å². The van der Waals surface area contributed by atoms with E-state index in [1.54, 1.807) is 11.6 Å². The summed E-state index contributed by atoms with van der Waals surface area (Å²) in [5, 5.41) is 15.4. The lowest BCUT2D eigenvalue weighted by atomic mass is 10.2. The summed E-state index contributed by atoms with van der Waals surface area (Å²) in [7, 11) is -3.12. The van der Waals surface area contributed by atoms with Crippen LogP contribution in [0.2, 0.25) is 0 Å². The Labute approximate surface area is 113 Å². The molecule has 0 atom stereocenters. The molecule has 19 heavy (non-hydrogen) atoms. The van der Waals surface area contributed by atoms with Gasteiger partial charge in [-0.1, -0.05) is 0 Å². The Morgan fingerprint density at radius 1 is 1.53 bits per heavy atom. The Balaban J connectivity index is 2.33. The van der Waals surface area contributed by atoms with Gasteiger partial charge in [0.1, 0.15) is 26.1 Å². The number of carboxylic acid groups (broad SMARTS) is 1. The third-order valence-electron chi connectivity index (χ3n) is 2.32. The highest BCUT2D eigenvalue weighted by Crippen LogP contribution is 2.24. The second-order valence-electron chi connectivity index (χ2n) is 3.93. The predicted octanol–water partition coefficient (Wildman–Crippen LogP) is 0.749. The molecule has 0 aliphatic rings. The molecule has 0 unspecified atom stereocenters. The van der Waals surface area contributed by atoms with E-state index in [2.05, 4.69) is 10.1 Å². The predicted molar refractivity (Wildman–Crippen MR) is 70.0 cm³/mol. The lowest BCUT2D eigenvalue weighted by Crippen LogP contribution is -2.11. The molecule has 0 aliphatic carbocycles. The van der Waals surface area contributed by atoms with Gasteiger partial charge in [0.15, 0.2) is 0 Å². The first-order valence-corrected chi connectivity index (χ1v) is 8.19. The Morgan fingerprint density at radius 2 is 2.26 bits per heavy atom. The topological polar surface area (TPSA) is 102 Å². The van der Waals surface area contributed by atoms with Gasteiger partial charge in [0.05, 0.1) is 12.3 Å². The van der Waals surface area contributed by atoms with Crippen LogP contribution in [0.25, 0.3) is 10.7 Å². The van der Waals surface area contributed by atoms with Gasteiger partial charge >= 0.3 is 5.97 Å². The fourth-order valence-electron chi connectivity index (χ4n) is 1.45. The van der Waals surface area contributed by atoms with Crippen LogP contribution in [0, 0.1) is 0 Å². The van der Waals surface area contributed by atoms with Crippen LogP contribution in [-0.2, 0) is 16.4 Å². The molecule has 1 N–H and O–H groups in total. The fourth-order valence-corrected chi connectivity index (χ4v) is 2.60. The number of carbonyl (C=O) groups is 1. The number of nitrogens with zero attached hydrogens (tertiary/aromatic N) is 3. The van der Waals surface area contributed by atoms with Crippen molar-refractivity contribution in [3.05, 3.63) is 23.3 Å². The molecule has 9 heteroatoms. The molecule has 0 saturated heterocycles. The summed E-state index contributed by atoms with van der Waals surface area (Å²) in [5.74, 6) is -1.21. The first-order chi connectivity index (χ1) is 8.87. The van der Waals surface area contributed by atoms with E-state index in [4.69, 9.17) is 5.11 Å². The number of sulfone groups is 1. The molecule has 2 aromatic rings. The molecule has 0 radical (unpaired) electrons. The zero-order chi connectivity index (χ0) is 14.0. The maximum Gasteiger partial charge on any atom is 0.339 e. The number of aromatic nitrogens is 3. The summed E-state index contributed by atoms with van der Waals surface area (Å²) in [6.07, 6.45) is 4.00. The van der Waals surface area contributed by atoms with Gasteiger partial charge in [-0.2, -0.15) is 5.10 Å². The van der Waals surface area contributed by atoms with Crippen LogP contribution in [0.15, 0.2) is 17.8 Å². The van der Waals surface area contributed by atoms with Crippen LogP contribution in [0.4, 0.5) is 0 Å². The zero-order valence-electron chi connectivity index (χ0n) is 9.98. The number of thiazole rings is 1. The number of hydrogen-bond donors (Lipinski definition) is 1. The number of aryl methyl sites for hydroxylation is 1. The van der Waals surface area contributed by atoms with Crippen molar-refractivity contribution in [3.8, 4) is 10.7 Å². The van der Waals surface area contributed by atoms with Crippen molar-refractivity contribution in [1.82, 2.24) is 14.8 Å². The van der Waals surface area contributed by atoms with Gasteiger partial charge in [-0.3, -0.25) is 4.68 Å². The molecule has 0 aliphatic heterocycles. The third kappa shape index (κ3) is 3.38. The standard InChI is InChI=1S/C10H11N3O4S2/c1-19(16,17)5-3-13-6-7(10(14)15)8(12-13)9-11-2-4-18-9/h2,4,6H,3,5H2,1H3,(H,14,15). The van der Waals surface area contributed by atoms with Crippen molar-refractivity contribution in [3.63, 3.8) is 0 Å². The summed E-state index contributed by atoms with van der Waals surface area (Å²) in [6, 6.07) is 0. The maximum absolute atomic E-state index is 11.1. The van der Waals surface area contributed by atoms with Crippen LogP contribution in [0.3, 0.4) is 0 Å². The Morgan fingerprint density at radius 3 is 2.79 bits per heavy atom. The van der Waals surface area contributed by atoms with E-state index in [1.165, 1.54) is 22.2 Å². The van der Waals surface area contributed by atoms with Crippen molar-refractivity contribution in [2.24, 2.45) is 0 Å². The van der Waals surface area contributed by atoms with Crippen molar-refractivity contribution in [2.75, 3.05) is 12.0 Å². The summed E-state index contributed by atoms with van der Waals surface area (Å²) in [6.45, 7) is 0.116. The van der Waals surface area contributed by atoms with E-state index in [1.807, 2.05) is 0 Å².